The van der Waals surface area contributed by atoms with Crippen LogP contribution >= 0.6 is 23.8 Å². The Balaban J connectivity index is 1.78. The van der Waals surface area contributed by atoms with Crippen LogP contribution in [0.4, 0.5) is 0 Å². The van der Waals surface area contributed by atoms with Crippen LogP contribution in [-0.4, -0.2) is 33.8 Å². The van der Waals surface area contributed by atoms with E-state index in [0.29, 0.717) is 21.9 Å². The van der Waals surface area contributed by atoms with E-state index in [0.717, 1.165) is 34.7 Å². The molecule has 0 aliphatic carbocycles. The van der Waals surface area contributed by atoms with Crippen LogP contribution in [0, 0.1) is 0 Å². The molecule has 0 saturated heterocycles. The Kier molecular flexibility index (Phi) is 5.74. The second kappa shape index (κ2) is 8.45. The lowest BCUT2D eigenvalue weighted by molar-refractivity contribution is 0.398. The van der Waals surface area contributed by atoms with Crippen molar-refractivity contribution in [2.75, 3.05) is 13.7 Å². The summed E-state index contributed by atoms with van der Waals surface area (Å²) < 4.78 is 10.9. The maximum Gasteiger partial charge on any atom is 0.258 e. The molecule has 0 bridgehead atoms. The summed E-state index contributed by atoms with van der Waals surface area (Å²) in [7, 11) is 1.63. The van der Waals surface area contributed by atoms with Crippen molar-refractivity contribution in [3.8, 4) is 17.1 Å². The number of nitrogens with zero attached hydrogens (tertiary/aromatic N) is 3. The molecule has 1 unspecified atom stereocenters. The molecule has 2 heterocycles. The number of aromatic nitrogens is 2. The van der Waals surface area contributed by atoms with Gasteiger partial charge in [-0.2, -0.15) is 4.98 Å². The third-order valence-corrected chi connectivity index (χ3v) is 5.71. The summed E-state index contributed by atoms with van der Waals surface area (Å²) in [6.45, 7) is 4.80. The van der Waals surface area contributed by atoms with E-state index in [1.165, 1.54) is 0 Å². The molecule has 0 amide bonds. The monoisotopic (exact) mass is 440 g/mol. The molecule has 154 valence electrons. The molecule has 1 aliphatic rings. The first-order valence-corrected chi connectivity index (χ1v) is 10.3. The number of nitrogens with one attached hydrogen (secondary N) is 1. The molecule has 1 aliphatic heterocycles. The quantitative estimate of drug-likeness (QED) is 0.555. The van der Waals surface area contributed by atoms with Gasteiger partial charge in [0, 0.05) is 22.8 Å². The number of hydrogen-bond donors (Lipinski definition) is 1. The van der Waals surface area contributed by atoms with Crippen LogP contribution in [0.3, 0.4) is 0 Å². The van der Waals surface area contributed by atoms with E-state index in [-0.39, 0.29) is 6.04 Å². The molecule has 2 aromatic carbocycles. The molecule has 1 aromatic heterocycles. The zero-order valence-corrected chi connectivity index (χ0v) is 18.4. The van der Waals surface area contributed by atoms with E-state index in [1.54, 1.807) is 7.11 Å². The molecule has 1 atom stereocenters. The van der Waals surface area contributed by atoms with Crippen molar-refractivity contribution in [3.63, 3.8) is 0 Å². The summed E-state index contributed by atoms with van der Waals surface area (Å²) in [5.74, 6) is 1.73. The highest BCUT2D eigenvalue weighted by molar-refractivity contribution is 7.80. The number of methoxy groups -OCH3 is 1. The molecule has 6 nitrogen and oxygen atoms in total. The standard InChI is InChI=1S/C22H21ClN4O2S/c1-4-27-13(2)18(19(24-22(27)30)14-5-9-16(23)10-6-14)21-25-20(26-29-21)15-7-11-17(28-3)12-8-15/h5-12,19H,4H2,1-3H3,(H,24,30). The minimum absolute atomic E-state index is 0.221. The van der Waals surface area contributed by atoms with Gasteiger partial charge in [-0.05, 0) is 68.0 Å². The topological polar surface area (TPSA) is 63.4 Å². The summed E-state index contributed by atoms with van der Waals surface area (Å²) >= 11 is 11.7. The maximum absolute atomic E-state index is 6.08. The Morgan fingerprint density at radius 2 is 1.87 bits per heavy atom. The number of ether oxygens (including phenoxy) is 1. The zero-order valence-electron chi connectivity index (χ0n) is 16.8. The fourth-order valence-corrected chi connectivity index (χ4v) is 4.04. The van der Waals surface area contributed by atoms with Crippen LogP contribution < -0.4 is 10.1 Å². The van der Waals surface area contributed by atoms with Crippen LogP contribution in [-0.2, 0) is 0 Å². The molecule has 4 rings (SSSR count). The van der Waals surface area contributed by atoms with Gasteiger partial charge in [-0.25, -0.2) is 0 Å². The number of allylic oxidation sites excluding steroid dienone is 1. The van der Waals surface area contributed by atoms with Crippen molar-refractivity contribution in [1.82, 2.24) is 20.4 Å². The maximum atomic E-state index is 6.08. The largest absolute Gasteiger partial charge is 0.497 e. The van der Waals surface area contributed by atoms with Gasteiger partial charge in [-0.1, -0.05) is 28.9 Å². The Morgan fingerprint density at radius 3 is 2.50 bits per heavy atom. The van der Waals surface area contributed by atoms with Crippen molar-refractivity contribution in [2.45, 2.75) is 19.9 Å². The summed E-state index contributed by atoms with van der Waals surface area (Å²) in [5, 5.41) is 8.95. The van der Waals surface area contributed by atoms with Crippen LogP contribution in [0.2, 0.25) is 5.02 Å². The molecule has 1 N–H and O–H groups in total. The Hall–Kier alpha value is -2.90. The van der Waals surface area contributed by atoms with Crippen molar-refractivity contribution in [3.05, 3.63) is 70.7 Å². The van der Waals surface area contributed by atoms with Gasteiger partial charge in [-0.15, -0.1) is 0 Å². The second-order valence-corrected chi connectivity index (χ2v) is 7.65. The van der Waals surface area contributed by atoms with Gasteiger partial charge >= 0.3 is 0 Å². The normalized spacial score (nSPS) is 16.6. The minimum atomic E-state index is -0.221. The van der Waals surface area contributed by atoms with E-state index in [2.05, 4.69) is 15.5 Å². The van der Waals surface area contributed by atoms with E-state index in [4.69, 9.17) is 33.1 Å². The van der Waals surface area contributed by atoms with Gasteiger partial charge in [0.05, 0.1) is 18.7 Å². The minimum Gasteiger partial charge on any atom is -0.497 e. The van der Waals surface area contributed by atoms with Crippen molar-refractivity contribution >= 4 is 34.5 Å². The fourth-order valence-electron chi connectivity index (χ4n) is 3.53. The number of benzene rings is 2. The molecular formula is C22H21ClN4O2S. The van der Waals surface area contributed by atoms with Gasteiger partial charge in [0.25, 0.3) is 5.89 Å². The Morgan fingerprint density at radius 1 is 1.17 bits per heavy atom. The highest BCUT2D eigenvalue weighted by atomic mass is 35.5. The number of hydrogen-bond acceptors (Lipinski definition) is 5. The van der Waals surface area contributed by atoms with E-state index in [1.807, 2.05) is 67.3 Å². The average molecular weight is 441 g/mol. The van der Waals surface area contributed by atoms with Gasteiger partial charge in [-0.3, -0.25) is 0 Å². The number of rotatable bonds is 5. The van der Waals surface area contributed by atoms with Crippen molar-refractivity contribution in [1.29, 1.82) is 0 Å². The lowest BCUT2D eigenvalue weighted by Crippen LogP contribution is -2.45. The highest BCUT2D eigenvalue weighted by Crippen LogP contribution is 2.37. The van der Waals surface area contributed by atoms with Crippen LogP contribution in [0.5, 0.6) is 5.75 Å². The fraction of sp³-hybridized carbons (Fsp3) is 0.227. The zero-order chi connectivity index (χ0) is 21.3. The predicted octanol–water partition coefficient (Wildman–Crippen LogP) is 5.08. The summed E-state index contributed by atoms with van der Waals surface area (Å²) in [6, 6.07) is 15.0. The molecular weight excluding hydrogens is 420 g/mol. The predicted molar refractivity (Wildman–Crippen MR) is 121 cm³/mol. The number of thiocarbonyl (C=S) groups is 1. The summed E-state index contributed by atoms with van der Waals surface area (Å²) in [4.78, 5) is 6.71. The van der Waals surface area contributed by atoms with Crippen molar-refractivity contribution < 1.29 is 9.26 Å². The summed E-state index contributed by atoms with van der Waals surface area (Å²) in [6.07, 6.45) is 0. The first-order valence-electron chi connectivity index (χ1n) is 9.54. The molecule has 0 fully saturated rings. The first kappa shape index (κ1) is 20.4. The smallest absolute Gasteiger partial charge is 0.258 e. The van der Waals surface area contributed by atoms with Crippen molar-refractivity contribution in [2.24, 2.45) is 0 Å². The highest BCUT2D eigenvalue weighted by Gasteiger charge is 2.33. The van der Waals surface area contributed by atoms with Crippen LogP contribution in [0.25, 0.3) is 17.0 Å². The average Bonchev–Trinajstić information content (AvgIpc) is 3.24. The molecule has 30 heavy (non-hydrogen) atoms. The first-order chi connectivity index (χ1) is 14.5. The van der Waals surface area contributed by atoms with E-state index < -0.39 is 0 Å². The van der Waals surface area contributed by atoms with Gasteiger partial charge in [0.15, 0.2) is 5.11 Å². The SMILES string of the molecule is CCN1C(=S)NC(c2ccc(Cl)cc2)C(c2nc(-c3ccc(OC)cc3)no2)=C1C. The summed E-state index contributed by atoms with van der Waals surface area (Å²) in [5.41, 5.74) is 3.72. The third-order valence-electron chi connectivity index (χ3n) is 5.12. The van der Waals surface area contributed by atoms with Gasteiger partial charge in [0.1, 0.15) is 5.75 Å². The molecule has 3 aromatic rings. The molecule has 0 saturated carbocycles. The van der Waals surface area contributed by atoms with Crippen LogP contribution in [0.15, 0.2) is 58.8 Å². The molecule has 0 radical (unpaired) electrons. The molecule has 8 heteroatoms. The molecule has 0 spiro atoms. The van der Waals surface area contributed by atoms with Crippen LogP contribution in [0.1, 0.15) is 31.3 Å². The Labute approximate surface area is 185 Å². The second-order valence-electron chi connectivity index (χ2n) is 6.83. The van der Waals surface area contributed by atoms with E-state index >= 15 is 0 Å². The number of halogens is 1. The van der Waals surface area contributed by atoms with Gasteiger partial charge < -0.3 is 19.5 Å². The Bertz CT molecular complexity index is 1090. The van der Waals surface area contributed by atoms with Gasteiger partial charge in [0.2, 0.25) is 5.82 Å². The third kappa shape index (κ3) is 3.78. The lowest BCUT2D eigenvalue weighted by atomic mass is 9.95. The van der Waals surface area contributed by atoms with E-state index in [9.17, 15) is 0 Å². The lowest BCUT2D eigenvalue weighted by Gasteiger charge is -2.36.